The molecule has 1 aliphatic carbocycles. The van der Waals surface area contributed by atoms with E-state index in [0.29, 0.717) is 0 Å². The van der Waals surface area contributed by atoms with Gasteiger partial charge < -0.3 is 0 Å². The van der Waals surface area contributed by atoms with E-state index in [1.165, 1.54) is 17.5 Å². The summed E-state index contributed by atoms with van der Waals surface area (Å²) in [5.74, 6) is 0.833. The molecule has 0 amide bonds. The number of benzene rings is 1. The second-order valence-corrected chi connectivity index (χ2v) is 4.64. The van der Waals surface area contributed by atoms with Crippen molar-refractivity contribution in [2.75, 3.05) is 0 Å². The summed E-state index contributed by atoms with van der Waals surface area (Å²) in [6.07, 6.45) is 3.47. The Morgan fingerprint density at radius 2 is 1.87 bits per heavy atom. The van der Waals surface area contributed by atoms with Crippen LogP contribution in [0.2, 0.25) is 0 Å². The number of rotatable bonds is 0. The summed E-state index contributed by atoms with van der Waals surface area (Å²) in [5, 5.41) is 8.75. The van der Waals surface area contributed by atoms with Crippen molar-refractivity contribution in [1.29, 1.82) is 5.26 Å². The fraction of sp³-hybridized carbons (Fsp3) is 0.500. The molecule has 1 heteroatoms. The van der Waals surface area contributed by atoms with Gasteiger partial charge in [0, 0.05) is 0 Å². The number of nitriles is 1. The van der Waals surface area contributed by atoms with Gasteiger partial charge in [0.15, 0.2) is 0 Å². The summed E-state index contributed by atoms with van der Waals surface area (Å²) >= 11 is 0. The summed E-state index contributed by atoms with van der Waals surface area (Å²) in [7, 11) is 0. The quantitative estimate of drug-likeness (QED) is 0.627. The second-order valence-electron chi connectivity index (χ2n) is 4.64. The summed E-state index contributed by atoms with van der Waals surface area (Å²) in [4.78, 5) is 0. The lowest BCUT2D eigenvalue weighted by atomic mass is 10.0. The Hall–Kier alpha value is -1.29. The van der Waals surface area contributed by atoms with E-state index in [1.807, 2.05) is 12.1 Å². The molecule has 0 saturated carbocycles. The first-order valence-electron chi connectivity index (χ1n) is 5.66. The molecule has 0 heterocycles. The molecule has 0 radical (unpaired) electrons. The molecule has 0 unspecified atom stereocenters. The van der Waals surface area contributed by atoms with Gasteiger partial charge in [-0.3, -0.25) is 0 Å². The third-order valence-electron chi connectivity index (χ3n) is 2.27. The van der Waals surface area contributed by atoms with Gasteiger partial charge in [0.25, 0.3) is 0 Å². The zero-order chi connectivity index (χ0) is 11.3. The molecule has 0 saturated heterocycles. The molecular weight excluding hydrogens is 182 g/mol. The summed E-state index contributed by atoms with van der Waals surface area (Å²) in [5.41, 5.74) is 3.54. The van der Waals surface area contributed by atoms with Gasteiger partial charge >= 0.3 is 0 Å². The Bertz CT molecular complexity index is 355. The normalized spacial score (nSPS) is 12.7. The third kappa shape index (κ3) is 3.40. The molecule has 1 aromatic rings. The van der Waals surface area contributed by atoms with Crippen molar-refractivity contribution in [2.24, 2.45) is 5.92 Å². The van der Waals surface area contributed by atoms with Crippen molar-refractivity contribution >= 4 is 0 Å². The predicted octanol–water partition coefficient (Wildman–Crippen LogP) is 3.71. The smallest absolute Gasteiger partial charge is 0.0994 e. The van der Waals surface area contributed by atoms with Crippen molar-refractivity contribution in [2.45, 2.75) is 40.0 Å². The molecule has 0 N–H and O–H groups in total. The fourth-order valence-corrected chi connectivity index (χ4v) is 1.72. The van der Waals surface area contributed by atoms with Crippen LogP contribution in [0.4, 0.5) is 0 Å². The minimum atomic E-state index is 0.833. The number of nitrogens with zero attached hydrogens (tertiary/aromatic N) is 1. The van der Waals surface area contributed by atoms with Crippen LogP contribution < -0.4 is 0 Å². The van der Waals surface area contributed by atoms with E-state index >= 15 is 0 Å². The van der Waals surface area contributed by atoms with Crippen molar-refractivity contribution in [3.63, 3.8) is 0 Å². The molecule has 0 atom stereocenters. The van der Waals surface area contributed by atoms with Gasteiger partial charge in [-0.05, 0) is 42.4 Å². The lowest BCUT2D eigenvalue weighted by molar-refractivity contribution is 0.737. The Kier molecular flexibility index (Phi) is 4.37. The molecule has 1 nitrogen and oxygen atoms in total. The van der Waals surface area contributed by atoms with Crippen molar-refractivity contribution in [3.8, 4) is 6.07 Å². The van der Waals surface area contributed by atoms with Crippen LogP contribution in [0.25, 0.3) is 0 Å². The Labute approximate surface area is 92.7 Å². The first-order valence-corrected chi connectivity index (χ1v) is 5.66. The maximum absolute atomic E-state index is 8.75. The third-order valence-corrected chi connectivity index (χ3v) is 2.27. The van der Waals surface area contributed by atoms with Crippen LogP contribution >= 0.6 is 0 Å². The van der Waals surface area contributed by atoms with E-state index in [2.05, 4.69) is 32.9 Å². The van der Waals surface area contributed by atoms with Gasteiger partial charge in [0.2, 0.25) is 0 Å². The molecule has 0 aliphatic heterocycles. The molecule has 0 bridgehead atoms. The van der Waals surface area contributed by atoms with E-state index in [1.54, 1.807) is 0 Å². The Morgan fingerprint density at radius 3 is 2.47 bits per heavy atom. The average molecular weight is 201 g/mol. The average Bonchev–Trinajstić information content (AvgIpc) is 2.63. The highest BCUT2D eigenvalue weighted by Gasteiger charge is 2.13. The number of hydrogen-bond acceptors (Lipinski definition) is 1. The molecule has 2 rings (SSSR count). The highest BCUT2D eigenvalue weighted by molar-refractivity contribution is 5.44. The molecular formula is C14H19N. The van der Waals surface area contributed by atoms with Crippen molar-refractivity contribution in [1.82, 2.24) is 0 Å². The summed E-state index contributed by atoms with van der Waals surface area (Å²) in [6, 6.07) is 8.24. The minimum Gasteiger partial charge on any atom is -0.192 e. The maximum atomic E-state index is 8.75. The number of hydrogen-bond donors (Lipinski definition) is 0. The largest absolute Gasteiger partial charge is 0.192 e. The number of aryl methyl sites for hydroxylation is 1. The Morgan fingerprint density at radius 1 is 1.20 bits per heavy atom. The lowest BCUT2D eigenvalue weighted by Crippen LogP contribution is -1.86. The molecule has 1 aromatic carbocycles. The van der Waals surface area contributed by atoms with Crippen LogP contribution in [0.15, 0.2) is 18.2 Å². The fourth-order valence-electron chi connectivity index (χ4n) is 1.72. The van der Waals surface area contributed by atoms with Crippen LogP contribution in [0.5, 0.6) is 0 Å². The van der Waals surface area contributed by atoms with E-state index < -0.39 is 0 Å². The van der Waals surface area contributed by atoms with Crippen LogP contribution in [-0.4, -0.2) is 0 Å². The minimum absolute atomic E-state index is 0.833. The monoisotopic (exact) mass is 201 g/mol. The zero-order valence-electron chi connectivity index (χ0n) is 9.88. The first kappa shape index (κ1) is 11.8. The second kappa shape index (κ2) is 5.56. The highest BCUT2D eigenvalue weighted by Crippen LogP contribution is 2.24. The van der Waals surface area contributed by atoms with Crippen LogP contribution in [0, 0.1) is 17.2 Å². The van der Waals surface area contributed by atoms with E-state index in [9.17, 15) is 0 Å². The molecule has 0 spiro atoms. The topological polar surface area (TPSA) is 23.8 Å². The van der Waals surface area contributed by atoms with Gasteiger partial charge in [0.05, 0.1) is 11.6 Å². The van der Waals surface area contributed by atoms with Crippen LogP contribution in [0.3, 0.4) is 0 Å². The SMILES string of the molecule is CC(C)C.N#Cc1cccc2c1CCC2. The van der Waals surface area contributed by atoms with Crippen LogP contribution in [-0.2, 0) is 12.8 Å². The summed E-state index contributed by atoms with van der Waals surface area (Å²) < 4.78 is 0. The summed E-state index contributed by atoms with van der Waals surface area (Å²) in [6.45, 7) is 6.50. The van der Waals surface area contributed by atoms with Gasteiger partial charge in [0.1, 0.15) is 0 Å². The van der Waals surface area contributed by atoms with E-state index in [0.717, 1.165) is 24.3 Å². The number of fused-ring (bicyclic) bond motifs is 1. The molecule has 0 aromatic heterocycles. The standard InChI is InChI=1S/C10H9N.C4H10/c11-7-9-5-1-3-8-4-2-6-10(8)9;1-4(2)3/h1,3,5H,2,4,6H2;4H,1-3H3. The molecule has 0 fully saturated rings. The van der Waals surface area contributed by atoms with Gasteiger partial charge in [-0.1, -0.05) is 32.9 Å². The van der Waals surface area contributed by atoms with E-state index in [4.69, 9.17) is 5.26 Å². The van der Waals surface area contributed by atoms with Crippen LogP contribution in [0.1, 0.15) is 43.9 Å². The molecule has 15 heavy (non-hydrogen) atoms. The van der Waals surface area contributed by atoms with Gasteiger partial charge in [-0.15, -0.1) is 0 Å². The van der Waals surface area contributed by atoms with Gasteiger partial charge in [-0.25, -0.2) is 0 Å². The highest BCUT2D eigenvalue weighted by atomic mass is 14.3. The predicted molar refractivity (Wildman–Crippen MR) is 63.7 cm³/mol. The molecule has 1 aliphatic rings. The zero-order valence-corrected chi connectivity index (χ0v) is 9.88. The van der Waals surface area contributed by atoms with Gasteiger partial charge in [-0.2, -0.15) is 5.26 Å². The van der Waals surface area contributed by atoms with Crippen molar-refractivity contribution < 1.29 is 0 Å². The maximum Gasteiger partial charge on any atom is 0.0994 e. The van der Waals surface area contributed by atoms with E-state index in [-0.39, 0.29) is 0 Å². The van der Waals surface area contributed by atoms with Crippen molar-refractivity contribution in [3.05, 3.63) is 34.9 Å². The lowest BCUT2D eigenvalue weighted by Gasteiger charge is -1.98. The molecule has 80 valence electrons. The first-order chi connectivity index (χ1) is 7.15. The Balaban J connectivity index is 0.000000245.